The van der Waals surface area contributed by atoms with Crippen molar-refractivity contribution in [3.05, 3.63) is 34.3 Å². The Hall–Kier alpha value is -1.40. The van der Waals surface area contributed by atoms with E-state index in [9.17, 15) is 9.59 Å². The molecule has 0 radical (unpaired) electrons. The monoisotopic (exact) mass is 328 g/mol. The molecule has 0 spiro atoms. The number of rotatable bonds is 5. The largest absolute Gasteiger partial charge is 0.464 e. The lowest BCUT2D eigenvalue weighted by Crippen LogP contribution is -2.47. The number of hydrogen-bond donors (Lipinski definition) is 2. The summed E-state index contributed by atoms with van der Waals surface area (Å²) in [7, 11) is 0. The van der Waals surface area contributed by atoms with Crippen molar-refractivity contribution in [2.45, 2.75) is 25.9 Å². The summed E-state index contributed by atoms with van der Waals surface area (Å²) in [6.45, 7) is 3.67. The Labute approximate surface area is 120 Å². The molecule has 2 atom stereocenters. The molecule has 1 aromatic rings. The third kappa shape index (κ3) is 4.33. The molecule has 0 bridgehead atoms. The van der Waals surface area contributed by atoms with Crippen LogP contribution in [0.3, 0.4) is 0 Å². The Balaban J connectivity index is 2.67. The average molecular weight is 329 g/mol. The van der Waals surface area contributed by atoms with Crippen molar-refractivity contribution < 1.29 is 14.3 Å². The molecule has 0 aliphatic rings. The number of halogens is 1. The fourth-order valence-corrected chi connectivity index (χ4v) is 2.17. The van der Waals surface area contributed by atoms with Crippen LogP contribution in [0.1, 0.15) is 25.5 Å². The van der Waals surface area contributed by atoms with Gasteiger partial charge in [0.15, 0.2) is 6.04 Å². The summed E-state index contributed by atoms with van der Waals surface area (Å²) >= 11 is 3.40. The van der Waals surface area contributed by atoms with Crippen LogP contribution in [0.5, 0.6) is 0 Å². The fraction of sp³-hybridized carbons (Fsp3) is 0.385. The van der Waals surface area contributed by atoms with Crippen LogP contribution in [0.15, 0.2) is 28.7 Å². The summed E-state index contributed by atoms with van der Waals surface area (Å²) in [5, 5.41) is 2.68. The summed E-state index contributed by atoms with van der Waals surface area (Å²) in [6.07, 6.45) is 0. The van der Waals surface area contributed by atoms with Crippen molar-refractivity contribution in [3.8, 4) is 0 Å². The van der Waals surface area contributed by atoms with Gasteiger partial charge in [0.25, 0.3) is 0 Å². The number of nitrogens with one attached hydrogen (secondary N) is 1. The number of esters is 1. The van der Waals surface area contributed by atoms with E-state index in [0.717, 1.165) is 10.0 Å². The molecule has 0 saturated carbocycles. The first kappa shape index (κ1) is 15.7. The van der Waals surface area contributed by atoms with Crippen LogP contribution < -0.4 is 11.1 Å². The third-order valence-electron chi connectivity index (χ3n) is 2.55. The molecule has 0 heterocycles. The van der Waals surface area contributed by atoms with Gasteiger partial charge in [-0.3, -0.25) is 4.79 Å². The second-order valence-electron chi connectivity index (χ2n) is 3.98. The number of benzene rings is 1. The molecule has 0 saturated heterocycles. The molecule has 3 N–H and O–H groups in total. The first-order valence-electron chi connectivity index (χ1n) is 5.94. The number of carbonyl (C=O) groups is 2. The van der Waals surface area contributed by atoms with E-state index < -0.39 is 17.9 Å². The van der Waals surface area contributed by atoms with Crippen LogP contribution in [0, 0.1) is 0 Å². The van der Waals surface area contributed by atoms with Crippen molar-refractivity contribution in [1.29, 1.82) is 0 Å². The SMILES string of the molecule is CCOC(=O)C(N)C(=O)N[C@H](C)c1ccccc1Br. The molecule has 0 aliphatic heterocycles. The van der Waals surface area contributed by atoms with E-state index in [1.165, 1.54) is 0 Å². The molecule has 19 heavy (non-hydrogen) atoms. The van der Waals surface area contributed by atoms with Crippen LogP contribution in [0.4, 0.5) is 0 Å². The smallest absolute Gasteiger partial charge is 0.332 e. The fourth-order valence-electron chi connectivity index (χ4n) is 1.55. The summed E-state index contributed by atoms with van der Waals surface area (Å²) in [6, 6.07) is 5.95. The number of amides is 1. The highest BCUT2D eigenvalue weighted by Crippen LogP contribution is 2.22. The van der Waals surface area contributed by atoms with Gasteiger partial charge in [0.1, 0.15) is 0 Å². The molecule has 6 heteroatoms. The number of nitrogens with two attached hydrogens (primary N) is 1. The average Bonchev–Trinajstić information content (AvgIpc) is 2.38. The molecular formula is C13H17BrN2O3. The van der Waals surface area contributed by atoms with Crippen molar-refractivity contribution in [1.82, 2.24) is 5.32 Å². The number of hydrogen-bond acceptors (Lipinski definition) is 4. The Morgan fingerprint density at radius 3 is 2.63 bits per heavy atom. The minimum atomic E-state index is -1.30. The second kappa shape index (κ2) is 7.25. The predicted molar refractivity (Wildman–Crippen MR) is 75.3 cm³/mol. The van der Waals surface area contributed by atoms with E-state index in [4.69, 9.17) is 10.5 Å². The maximum absolute atomic E-state index is 11.8. The summed E-state index contributed by atoms with van der Waals surface area (Å²) in [5.74, 6) is -1.28. The zero-order valence-electron chi connectivity index (χ0n) is 10.9. The lowest BCUT2D eigenvalue weighted by atomic mass is 10.1. The second-order valence-corrected chi connectivity index (χ2v) is 4.84. The Bertz CT molecular complexity index is 465. The van der Waals surface area contributed by atoms with Gasteiger partial charge in [0, 0.05) is 4.47 Å². The van der Waals surface area contributed by atoms with Gasteiger partial charge in [-0.05, 0) is 25.5 Å². The molecule has 5 nitrogen and oxygen atoms in total. The number of carbonyl (C=O) groups excluding carboxylic acids is 2. The standard InChI is InChI=1S/C13H17BrN2O3/c1-3-19-13(18)11(15)12(17)16-8(2)9-6-4-5-7-10(9)14/h4-8,11H,3,15H2,1-2H3,(H,16,17)/t8-,11?/m1/s1. The highest BCUT2D eigenvalue weighted by atomic mass is 79.9. The van der Waals surface area contributed by atoms with Crippen LogP contribution in [-0.2, 0) is 14.3 Å². The minimum absolute atomic E-state index is 0.194. The highest BCUT2D eigenvalue weighted by molar-refractivity contribution is 9.10. The van der Waals surface area contributed by atoms with E-state index in [-0.39, 0.29) is 12.6 Å². The maximum atomic E-state index is 11.8. The van der Waals surface area contributed by atoms with Gasteiger partial charge in [-0.1, -0.05) is 34.1 Å². The van der Waals surface area contributed by atoms with Crippen LogP contribution in [0.2, 0.25) is 0 Å². The van der Waals surface area contributed by atoms with Crippen molar-refractivity contribution in [2.75, 3.05) is 6.61 Å². The molecular weight excluding hydrogens is 312 g/mol. The van der Waals surface area contributed by atoms with E-state index >= 15 is 0 Å². The van der Waals surface area contributed by atoms with Gasteiger partial charge >= 0.3 is 5.97 Å². The predicted octanol–water partition coefficient (Wildman–Crippen LogP) is 1.52. The Kier molecular flexibility index (Phi) is 5.98. The zero-order valence-corrected chi connectivity index (χ0v) is 12.4. The molecule has 1 rings (SSSR count). The zero-order chi connectivity index (χ0) is 14.4. The molecule has 0 aliphatic carbocycles. The molecule has 104 valence electrons. The van der Waals surface area contributed by atoms with Gasteiger partial charge in [-0.15, -0.1) is 0 Å². The highest BCUT2D eigenvalue weighted by Gasteiger charge is 2.25. The topological polar surface area (TPSA) is 81.4 Å². The normalized spacial score (nSPS) is 13.5. The minimum Gasteiger partial charge on any atom is -0.464 e. The van der Waals surface area contributed by atoms with Gasteiger partial charge in [-0.25, -0.2) is 4.79 Å². The van der Waals surface area contributed by atoms with Crippen molar-refractivity contribution in [3.63, 3.8) is 0 Å². The lowest BCUT2D eigenvalue weighted by Gasteiger charge is -2.18. The van der Waals surface area contributed by atoms with Gasteiger partial charge in [0.2, 0.25) is 5.91 Å². The summed E-state index contributed by atoms with van der Waals surface area (Å²) in [4.78, 5) is 23.2. The van der Waals surface area contributed by atoms with E-state index in [2.05, 4.69) is 21.2 Å². The first-order chi connectivity index (χ1) is 8.97. The lowest BCUT2D eigenvalue weighted by molar-refractivity contribution is -0.148. The first-order valence-corrected chi connectivity index (χ1v) is 6.73. The quantitative estimate of drug-likeness (QED) is 0.634. The Morgan fingerprint density at radius 2 is 2.05 bits per heavy atom. The molecule has 0 fully saturated rings. The maximum Gasteiger partial charge on any atom is 0.332 e. The van der Waals surface area contributed by atoms with Crippen LogP contribution >= 0.6 is 15.9 Å². The van der Waals surface area contributed by atoms with E-state index in [1.54, 1.807) is 6.92 Å². The molecule has 1 aromatic carbocycles. The van der Waals surface area contributed by atoms with Crippen LogP contribution in [-0.4, -0.2) is 24.5 Å². The Morgan fingerprint density at radius 1 is 1.42 bits per heavy atom. The third-order valence-corrected chi connectivity index (χ3v) is 3.28. The van der Waals surface area contributed by atoms with Gasteiger partial charge in [0.05, 0.1) is 12.6 Å². The molecule has 1 amide bonds. The molecule has 0 aromatic heterocycles. The van der Waals surface area contributed by atoms with E-state index in [1.807, 2.05) is 31.2 Å². The summed E-state index contributed by atoms with van der Waals surface area (Å²) in [5.41, 5.74) is 6.42. The van der Waals surface area contributed by atoms with Crippen molar-refractivity contribution >= 4 is 27.8 Å². The molecule has 1 unspecified atom stereocenters. The van der Waals surface area contributed by atoms with Crippen LogP contribution in [0.25, 0.3) is 0 Å². The van der Waals surface area contributed by atoms with Gasteiger partial charge in [-0.2, -0.15) is 0 Å². The summed E-state index contributed by atoms with van der Waals surface area (Å²) < 4.78 is 5.58. The van der Waals surface area contributed by atoms with Crippen molar-refractivity contribution in [2.24, 2.45) is 5.73 Å². The van der Waals surface area contributed by atoms with Gasteiger partial charge < -0.3 is 15.8 Å². The number of ether oxygens (including phenoxy) is 1. The van der Waals surface area contributed by atoms with E-state index in [0.29, 0.717) is 0 Å².